The Morgan fingerprint density at radius 2 is 2.00 bits per heavy atom. The van der Waals surface area contributed by atoms with Gasteiger partial charge in [-0.25, -0.2) is 5.43 Å². The van der Waals surface area contributed by atoms with Crippen LogP contribution in [0.25, 0.3) is 0 Å². The topological polar surface area (TPSA) is 74.5 Å². The molecular formula is C22H15BrClN3O2. The average molecular weight is 469 g/mol. The summed E-state index contributed by atoms with van der Waals surface area (Å²) in [4.78, 5) is 12.2. The number of amides is 1. The summed E-state index contributed by atoms with van der Waals surface area (Å²) < 4.78 is 6.54. The number of nitrogens with zero attached hydrogens (tertiary/aromatic N) is 2. The summed E-state index contributed by atoms with van der Waals surface area (Å²) >= 11 is 9.42. The highest BCUT2D eigenvalue weighted by molar-refractivity contribution is 9.10. The Morgan fingerprint density at radius 3 is 2.79 bits per heavy atom. The van der Waals surface area contributed by atoms with E-state index in [9.17, 15) is 4.79 Å². The van der Waals surface area contributed by atoms with Crippen molar-refractivity contribution in [1.82, 2.24) is 5.43 Å². The van der Waals surface area contributed by atoms with Gasteiger partial charge in [-0.15, -0.1) is 0 Å². The monoisotopic (exact) mass is 467 g/mol. The maximum absolute atomic E-state index is 12.2. The maximum Gasteiger partial charge on any atom is 0.272 e. The molecule has 3 aromatic carbocycles. The number of carbonyl (C=O) groups is 1. The van der Waals surface area contributed by atoms with Crippen LogP contribution in [-0.4, -0.2) is 12.1 Å². The first kappa shape index (κ1) is 20.6. The Balaban J connectivity index is 1.71. The quantitative estimate of drug-likeness (QED) is 0.393. The van der Waals surface area contributed by atoms with Crippen molar-refractivity contribution >= 4 is 39.7 Å². The molecule has 0 saturated heterocycles. The number of benzene rings is 3. The van der Waals surface area contributed by atoms with E-state index >= 15 is 0 Å². The first-order chi connectivity index (χ1) is 14.1. The van der Waals surface area contributed by atoms with E-state index in [1.807, 2.05) is 12.1 Å². The van der Waals surface area contributed by atoms with Gasteiger partial charge in [-0.3, -0.25) is 4.79 Å². The zero-order chi connectivity index (χ0) is 20.6. The second-order valence-corrected chi connectivity index (χ2v) is 7.25. The zero-order valence-corrected chi connectivity index (χ0v) is 17.4. The van der Waals surface area contributed by atoms with E-state index < -0.39 is 0 Å². The third kappa shape index (κ3) is 5.67. The van der Waals surface area contributed by atoms with E-state index in [4.69, 9.17) is 21.6 Å². The van der Waals surface area contributed by atoms with Crippen molar-refractivity contribution in [2.45, 2.75) is 6.61 Å². The van der Waals surface area contributed by atoms with E-state index in [0.717, 1.165) is 5.56 Å². The largest absolute Gasteiger partial charge is 0.488 e. The Bertz CT molecular complexity index is 1110. The number of ether oxygens (including phenoxy) is 1. The smallest absolute Gasteiger partial charge is 0.272 e. The number of nitrogens with one attached hydrogen (secondary N) is 1. The molecule has 3 aromatic rings. The molecule has 0 aliphatic carbocycles. The molecule has 0 saturated carbocycles. The van der Waals surface area contributed by atoms with Gasteiger partial charge in [0.05, 0.1) is 23.4 Å². The van der Waals surface area contributed by atoms with E-state index in [0.29, 0.717) is 31.9 Å². The Morgan fingerprint density at radius 1 is 1.17 bits per heavy atom. The van der Waals surface area contributed by atoms with Gasteiger partial charge in [-0.05, 0) is 64.0 Å². The zero-order valence-electron chi connectivity index (χ0n) is 15.1. The predicted octanol–water partition coefficient (Wildman–Crippen LogP) is 5.32. The molecule has 0 aromatic heterocycles. The van der Waals surface area contributed by atoms with Crippen molar-refractivity contribution < 1.29 is 9.53 Å². The van der Waals surface area contributed by atoms with Crippen LogP contribution in [0, 0.1) is 11.3 Å². The number of hydrogen-bond acceptors (Lipinski definition) is 4. The molecular weight excluding hydrogens is 454 g/mol. The molecule has 1 N–H and O–H groups in total. The molecule has 0 heterocycles. The van der Waals surface area contributed by atoms with Gasteiger partial charge in [0.2, 0.25) is 0 Å². The van der Waals surface area contributed by atoms with Crippen LogP contribution in [0.2, 0.25) is 5.02 Å². The highest BCUT2D eigenvalue weighted by Crippen LogP contribution is 2.23. The van der Waals surface area contributed by atoms with Gasteiger partial charge < -0.3 is 4.74 Å². The molecule has 0 unspecified atom stereocenters. The molecule has 0 atom stereocenters. The second-order valence-electron chi connectivity index (χ2n) is 5.96. The number of halogens is 2. The maximum atomic E-state index is 12.2. The van der Waals surface area contributed by atoms with Crippen molar-refractivity contribution in [3.63, 3.8) is 0 Å². The third-order valence-corrected chi connectivity index (χ3v) is 4.84. The van der Waals surface area contributed by atoms with Crippen molar-refractivity contribution in [3.05, 3.63) is 98.5 Å². The highest BCUT2D eigenvalue weighted by atomic mass is 79.9. The van der Waals surface area contributed by atoms with Gasteiger partial charge in [0.15, 0.2) is 0 Å². The van der Waals surface area contributed by atoms with Crippen LogP contribution < -0.4 is 10.2 Å². The average Bonchev–Trinajstić information content (AvgIpc) is 2.73. The normalized spacial score (nSPS) is 10.5. The molecule has 7 heteroatoms. The summed E-state index contributed by atoms with van der Waals surface area (Å²) in [6.45, 7) is 0.279. The Labute approximate surface area is 181 Å². The SMILES string of the molecule is N#Cc1cccc(COc2ccc(Cl)cc2/C=N\NC(=O)c2ccccc2Br)c1. The molecule has 1 amide bonds. The van der Waals surface area contributed by atoms with E-state index in [1.54, 1.807) is 54.6 Å². The Hall–Kier alpha value is -3.14. The fourth-order valence-electron chi connectivity index (χ4n) is 2.51. The molecule has 3 rings (SSSR count). The lowest BCUT2D eigenvalue weighted by molar-refractivity contribution is 0.0954. The van der Waals surface area contributed by atoms with Crippen molar-refractivity contribution in [1.29, 1.82) is 5.26 Å². The van der Waals surface area contributed by atoms with Gasteiger partial charge >= 0.3 is 0 Å². The molecule has 0 radical (unpaired) electrons. The lowest BCUT2D eigenvalue weighted by Crippen LogP contribution is -2.18. The van der Waals surface area contributed by atoms with Crippen LogP contribution in [-0.2, 0) is 6.61 Å². The van der Waals surface area contributed by atoms with Gasteiger partial charge in [0, 0.05) is 15.1 Å². The van der Waals surface area contributed by atoms with Gasteiger partial charge in [0.25, 0.3) is 5.91 Å². The van der Waals surface area contributed by atoms with Crippen LogP contribution >= 0.6 is 27.5 Å². The fourth-order valence-corrected chi connectivity index (χ4v) is 3.15. The number of hydrogen-bond donors (Lipinski definition) is 1. The first-order valence-electron chi connectivity index (χ1n) is 8.56. The number of hydrazone groups is 1. The molecule has 0 aliphatic rings. The third-order valence-electron chi connectivity index (χ3n) is 3.91. The summed E-state index contributed by atoms with van der Waals surface area (Å²) in [5, 5.41) is 13.5. The summed E-state index contributed by atoms with van der Waals surface area (Å²) in [6.07, 6.45) is 1.47. The second kappa shape index (κ2) is 9.87. The van der Waals surface area contributed by atoms with Crippen molar-refractivity contribution in [2.24, 2.45) is 5.10 Å². The molecule has 0 fully saturated rings. The molecule has 144 valence electrons. The number of carbonyl (C=O) groups excluding carboxylic acids is 1. The minimum atomic E-state index is -0.341. The van der Waals surface area contributed by atoms with E-state index in [1.165, 1.54) is 6.21 Å². The number of rotatable bonds is 6. The summed E-state index contributed by atoms with van der Waals surface area (Å²) in [6, 6.07) is 21.5. The van der Waals surface area contributed by atoms with Crippen LogP contribution in [0.1, 0.15) is 27.0 Å². The molecule has 0 spiro atoms. The molecule has 0 aliphatic heterocycles. The fraction of sp³-hybridized carbons (Fsp3) is 0.0455. The molecule has 5 nitrogen and oxygen atoms in total. The van der Waals surface area contributed by atoms with Crippen LogP contribution in [0.15, 0.2) is 76.3 Å². The van der Waals surface area contributed by atoms with Gasteiger partial charge in [0.1, 0.15) is 12.4 Å². The van der Waals surface area contributed by atoms with Crippen LogP contribution in [0.3, 0.4) is 0 Å². The van der Waals surface area contributed by atoms with Crippen molar-refractivity contribution in [3.8, 4) is 11.8 Å². The van der Waals surface area contributed by atoms with Crippen molar-refractivity contribution in [2.75, 3.05) is 0 Å². The minimum absolute atomic E-state index is 0.279. The highest BCUT2D eigenvalue weighted by Gasteiger charge is 2.08. The van der Waals surface area contributed by atoms with Crippen LogP contribution in [0.5, 0.6) is 5.75 Å². The van der Waals surface area contributed by atoms with E-state index in [2.05, 4.69) is 32.5 Å². The molecule has 0 bridgehead atoms. The summed E-state index contributed by atoms with van der Waals surface area (Å²) in [5.41, 5.74) is 5.01. The van der Waals surface area contributed by atoms with Gasteiger partial charge in [-0.2, -0.15) is 10.4 Å². The minimum Gasteiger partial charge on any atom is -0.488 e. The lowest BCUT2D eigenvalue weighted by atomic mass is 10.1. The van der Waals surface area contributed by atoms with E-state index in [-0.39, 0.29) is 12.5 Å². The lowest BCUT2D eigenvalue weighted by Gasteiger charge is -2.10. The summed E-state index contributed by atoms with van der Waals surface area (Å²) in [5.74, 6) is 0.210. The first-order valence-corrected chi connectivity index (χ1v) is 9.73. The summed E-state index contributed by atoms with van der Waals surface area (Å²) in [7, 11) is 0. The molecule has 29 heavy (non-hydrogen) atoms. The number of nitriles is 1. The Kier molecular flexibility index (Phi) is 7.01. The van der Waals surface area contributed by atoms with Gasteiger partial charge in [-0.1, -0.05) is 35.9 Å². The predicted molar refractivity (Wildman–Crippen MR) is 116 cm³/mol. The van der Waals surface area contributed by atoms with Crippen LogP contribution in [0.4, 0.5) is 0 Å². The standard InChI is InChI=1S/C22H15BrClN3O2/c23-20-7-2-1-6-19(20)22(28)27-26-13-17-11-18(24)8-9-21(17)29-14-16-5-3-4-15(10-16)12-25/h1-11,13H,14H2,(H,27,28)/b26-13-.